The predicted molar refractivity (Wildman–Crippen MR) is 99.4 cm³/mol. The fourth-order valence-corrected chi connectivity index (χ4v) is 5.39. The van der Waals surface area contributed by atoms with Gasteiger partial charge in [-0.15, -0.1) is 11.8 Å². The van der Waals surface area contributed by atoms with Gasteiger partial charge in [-0.1, -0.05) is 18.2 Å². The van der Waals surface area contributed by atoms with Gasteiger partial charge in [-0.3, -0.25) is 9.59 Å². The van der Waals surface area contributed by atoms with Gasteiger partial charge in [-0.25, -0.2) is 0 Å². The van der Waals surface area contributed by atoms with E-state index in [1.54, 1.807) is 16.7 Å². The van der Waals surface area contributed by atoms with E-state index in [1.807, 2.05) is 35.2 Å². The second-order valence-corrected chi connectivity index (χ2v) is 8.24. The minimum atomic E-state index is -0.311. The van der Waals surface area contributed by atoms with Crippen molar-refractivity contribution in [2.45, 2.75) is 18.9 Å². The Kier molecular flexibility index (Phi) is 4.99. The molecule has 5 nitrogen and oxygen atoms in total. The van der Waals surface area contributed by atoms with Crippen LogP contribution in [0, 0.1) is 11.8 Å². The molecule has 3 heterocycles. The molecule has 1 aromatic carbocycles. The van der Waals surface area contributed by atoms with Crippen LogP contribution in [-0.2, 0) is 4.79 Å². The van der Waals surface area contributed by atoms with E-state index in [1.165, 1.54) is 0 Å². The molecular formula is C19H25N3O2S. The highest BCUT2D eigenvalue weighted by atomic mass is 32.2. The molecule has 0 aromatic heterocycles. The quantitative estimate of drug-likeness (QED) is 0.873. The summed E-state index contributed by atoms with van der Waals surface area (Å²) >= 11 is 1.68. The van der Waals surface area contributed by atoms with Crippen molar-refractivity contribution in [3.63, 3.8) is 0 Å². The zero-order chi connectivity index (χ0) is 17.2. The van der Waals surface area contributed by atoms with Crippen molar-refractivity contribution in [2.24, 2.45) is 11.8 Å². The summed E-state index contributed by atoms with van der Waals surface area (Å²) in [7, 11) is 0. The van der Waals surface area contributed by atoms with Crippen molar-refractivity contribution in [3.05, 3.63) is 35.9 Å². The fourth-order valence-electron chi connectivity index (χ4n) is 4.24. The normalized spacial score (nSPS) is 29.4. The third-order valence-corrected chi connectivity index (χ3v) is 6.79. The maximum absolute atomic E-state index is 13.1. The Morgan fingerprint density at radius 1 is 1.04 bits per heavy atom. The number of hydrogen-bond acceptors (Lipinski definition) is 4. The molecule has 25 heavy (non-hydrogen) atoms. The van der Waals surface area contributed by atoms with Gasteiger partial charge in [-0.2, -0.15) is 0 Å². The third-order valence-electron chi connectivity index (χ3n) is 5.78. The van der Waals surface area contributed by atoms with E-state index in [9.17, 15) is 9.59 Å². The molecule has 0 bridgehead atoms. The smallest absolute Gasteiger partial charge is 0.255 e. The average Bonchev–Trinajstić information content (AvgIpc) is 3.27. The van der Waals surface area contributed by atoms with Gasteiger partial charge < -0.3 is 15.1 Å². The first kappa shape index (κ1) is 16.9. The summed E-state index contributed by atoms with van der Waals surface area (Å²) in [5, 5.41) is 3.47. The Bertz CT molecular complexity index is 625. The first-order chi connectivity index (χ1) is 12.2. The van der Waals surface area contributed by atoms with Gasteiger partial charge in [0, 0.05) is 24.4 Å². The summed E-state index contributed by atoms with van der Waals surface area (Å²) in [5.74, 6) is 2.84. The lowest BCUT2D eigenvalue weighted by atomic mass is 9.92. The van der Waals surface area contributed by atoms with Crippen LogP contribution in [0.3, 0.4) is 0 Å². The highest BCUT2D eigenvalue weighted by molar-refractivity contribution is 7.99. The van der Waals surface area contributed by atoms with Crippen molar-refractivity contribution in [1.82, 2.24) is 15.1 Å². The molecule has 3 saturated heterocycles. The molecule has 0 radical (unpaired) electrons. The lowest BCUT2D eigenvalue weighted by Gasteiger charge is -2.29. The zero-order valence-corrected chi connectivity index (χ0v) is 15.2. The van der Waals surface area contributed by atoms with E-state index >= 15 is 0 Å². The van der Waals surface area contributed by atoms with E-state index in [4.69, 9.17) is 0 Å². The summed E-state index contributed by atoms with van der Waals surface area (Å²) in [6.45, 7) is 3.83. The number of nitrogens with one attached hydrogen (secondary N) is 1. The number of hydrogen-bond donors (Lipinski definition) is 1. The van der Waals surface area contributed by atoms with E-state index < -0.39 is 0 Å². The van der Waals surface area contributed by atoms with E-state index in [0.29, 0.717) is 29.0 Å². The van der Waals surface area contributed by atoms with Crippen molar-refractivity contribution < 1.29 is 9.59 Å². The minimum absolute atomic E-state index is 0.0279. The molecule has 0 spiro atoms. The summed E-state index contributed by atoms with van der Waals surface area (Å²) in [6, 6.07) is 8.99. The van der Waals surface area contributed by atoms with Crippen LogP contribution >= 0.6 is 11.8 Å². The Morgan fingerprint density at radius 3 is 2.40 bits per heavy atom. The Hall–Kier alpha value is -1.53. The minimum Gasteiger partial charge on any atom is -0.341 e. The SMILES string of the molecule is O=C(C1CSCN1C(=O)c1ccccc1)N1CC[C@@H]2CNC[C@@H]2CC1. The van der Waals surface area contributed by atoms with Crippen LogP contribution in [0.5, 0.6) is 0 Å². The number of carbonyl (C=O) groups excluding carboxylic acids is 2. The summed E-state index contributed by atoms with van der Waals surface area (Å²) < 4.78 is 0. The first-order valence-electron chi connectivity index (χ1n) is 9.17. The maximum Gasteiger partial charge on any atom is 0.255 e. The number of nitrogens with zero attached hydrogens (tertiary/aromatic N) is 2. The van der Waals surface area contributed by atoms with Crippen LogP contribution in [-0.4, -0.2) is 65.5 Å². The largest absolute Gasteiger partial charge is 0.341 e. The van der Waals surface area contributed by atoms with Crippen LogP contribution in [0.2, 0.25) is 0 Å². The maximum atomic E-state index is 13.1. The van der Waals surface area contributed by atoms with Crippen LogP contribution in [0.1, 0.15) is 23.2 Å². The molecule has 3 aliphatic rings. The highest BCUT2D eigenvalue weighted by Crippen LogP contribution is 2.29. The number of amides is 2. The molecule has 3 aliphatic heterocycles. The second-order valence-electron chi connectivity index (χ2n) is 7.24. The molecule has 6 heteroatoms. The van der Waals surface area contributed by atoms with E-state index in [0.717, 1.165) is 39.0 Å². The molecule has 1 aromatic rings. The first-order valence-corrected chi connectivity index (χ1v) is 10.3. The van der Waals surface area contributed by atoms with Crippen molar-refractivity contribution in [3.8, 4) is 0 Å². The predicted octanol–water partition coefficient (Wildman–Crippen LogP) is 1.66. The summed E-state index contributed by atoms with van der Waals surface area (Å²) in [6.07, 6.45) is 2.16. The highest BCUT2D eigenvalue weighted by Gasteiger charge is 2.39. The van der Waals surface area contributed by atoms with E-state index in [-0.39, 0.29) is 17.9 Å². The fraction of sp³-hybridized carbons (Fsp3) is 0.579. The number of rotatable bonds is 2. The van der Waals surface area contributed by atoms with Crippen molar-refractivity contribution >= 4 is 23.6 Å². The zero-order valence-electron chi connectivity index (χ0n) is 14.4. The molecule has 0 saturated carbocycles. The van der Waals surface area contributed by atoms with Gasteiger partial charge in [0.05, 0.1) is 5.88 Å². The number of carbonyl (C=O) groups is 2. The standard InChI is InChI=1S/C19H25N3O2S/c23-18(14-4-2-1-3-5-14)22-13-25-12-17(22)19(24)21-8-6-15-10-20-11-16(15)7-9-21/h1-5,15-17,20H,6-13H2/t15-,16+,17?. The van der Waals surface area contributed by atoms with Gasteiger partial charge in [0.25, 0.3) is 5.91 Å². The number of fused-ring (bicyclic) bond motifs is 1. The second kappa shape index (κ2) is 7.38. The summed E-state index contributed by atoms with van der Waals surface area (Å²) in [4.78, 5) is 29.7. The van der Waals surface area contributed by atoms with Gasteiger partial charge in [0.1, 0.15) is 6.04 Å². The monoisotopic (exact) mass is 359 g/mol. The lowest BCUT2D eigenvalue weighted by molar-refractivity contribution is -0.134. The molecule has 2 amide bonds. The lowest BCUT2D eigenvalue weighted by Crippen LogP contribution is -2.49. The molecule has 3 fully saturated rings. The van der Waals surface area contributed by atoms with Crippen LogP contribution < -0.4 is 5.32 Å². The van der Waals surface area contributed by atoms with Crippen LogP contribution in [0.15, 0.2) is 30.3 Å². The van der Waals surface area contributed by atoms with Crippen LogP contribution in [0.4, 0.5) is 0 Å². The van der Waals surface area contributed by atoms with E-state index in [2.05, 4.69) is 5.32 Å². The third kappa shape index (κ3) is 3.42. The molecular weight excluding hydrogens is 334 g/mol. The van der Waals surface area contributed by atoms with Gasteiger partial charge in [-0.05, 0) is 49.9 Å². The molecule has 1 unspecified atom stereocenters. The Balaban J connectivity index is 1.44. The average molecular weight is 359 g/mol. The van der Waals surface area contributed by atoms with Crippen LogP contribution in [0.25, 0.3) is 0 Å². The number of likely N-dealkylation sites (tertiary alicyclic amines) is 1. The molecule has 1 N–H and O–H groups in total. The Labute approximate surface area is 153 Å². The molecule has 0 aliphatic carbocycles. The number of thioether (sulfide) groups is 1. The molecule has 134 valence electrons. The topological polar surface area (TPSA) is 52.7 Å². The number of benzene rings is 1. The van der Waals surface area contributed by atoms with Gasteiger partial charge in [0.15, 0.2) is 0 Å². The van der Waals surface area contributed by atoms with Crippen molar-refractivity contribution in [2.75, 3.05) is 37.8 Å². The Morgan fingerprint density at radius 2 is 1.72 bits per heavy atom. The van der Waals surface area contributed by atoms with Gasteiger partial charge in [0.2, 0.25) is 5.91 Å². The van der Waals surface area contributed by atoms with Gasteiger partial charge >= 0.3 is 0 Å². The molecule has 3 atom stereocenters. The van der Waals surface area contributed by atoms with Crippen molar-refractivity contribution in [1.29, 1.82) is 0 Å². The molecule has 4 rings (SSSR count). The summed E-state index contributed by atoms with van der Waals surface area (Å²) in [5.41, 5.74) is 0.666.